The van der Waals surface area contributed by atoms with Crippen molar-refractivity contribution < 1.29 is 14.7 Å². The zero-order valence-corrected chi connectivity index (χ0v) is 13.1. The van der Waals surface area contributed by atoms with E-state index in [-0.39, 0.29) is 18.5 Å². The van der Waals surface area contributed by atoms with Gasteiger partial charge in [-0.2, -0.15) is 0 Å². The number of hydrogen-bond acceptors (Lipinski definition) is 2. The molecule has 0 aliphatic rings. The van der Waals surface area contributed by atoms with Gasteiger partial charge in [0.2, 0.25) is 0 Å². The van der Waals surface area contributed by atoms with Crippen molar-refractivity contribution in [3.63, 3.8) is 0 Å². The smallest absolute Gasteiger partial charge is 0.317 e. The second-order valence-corrected chi connectivity index (χ2v) is 5.72. The highest BCUT2D eigenvalue weighted by atomic mass is 16.4. The van der Waals surface area contributed by atoms with Crippen LogP contribution in [-0.4, -0.2) is 35.6 Å². The second kappa shape index (κ2) is 7.67. The van der Waals surface area contributed by atoms with Crippen molar-refractivity contribution in [2.24, 2.45) is 11.8 Å². The number of carboxylic acids is 1. The molecule has 0 fully saturated rings. The molecule has 1 unspecified atom stereocenters. The standard InChI is InChI=1S/C16H24N2O3/c1-11(2)14(15(19)20)9-17-16(21)18(4)10-13-7-5-12(3)6-8-13/h5-8,11,14H,9-10H2,1-4H3,(H,17,21)(H,19,20). The van der Waals surface area contributed by atoms with Crippen LogP contribution in [0.25, 0.3) is 0 Å². The van der Waals surface area contributed by atoms with E-state index in [1.807, 2.05) is 45.0 Å². The van der Waals surface area contributed by atoms with Crippen LogP contribution in [0, 0.1) is 18.8 Å². The number of rotatable bonds is 6. The lowest BCUT2D eigenvalue weighted by molar-refractivity contribution is -0.142. The van der Waals surface area contributed by atoms with Crippen LogP contribution in [0.3, 0.4) is 0 Å². The summed E-state index contributed by atoms with van der Waals surface area (Å²) in [5.74, 6) is -1.47. The molecule has 0 saturated carbocycles. The summed E-state index contributed by atoms with van der Waals surface area (Å²) in [6, 6.07) is 7.70. The Morgan fingerprint density at radius 3 is 2.29 bits per heavy atom. The minimum atomic E-state index is -0.883. The Morgan fingerprint density at radius 2 is 1.81 bits per heavy atom. The van der Waals surface area contributed by atoms with Crippen molar-refractivity contribution >= 4 is 12.0 Å². The quantitative estimate of drug-likeness (QED) is 0.846. The molecule has 0 aromatic heterocycles. The molecule has 5 heteroatoms. The van der Waals surface area contributed by atoms with Gasteiger partial charge in [-0.25, -0.2) is 4.79 Å². The third kappa shape index (κ3) is 5.45. The highest BCUT2D eigenvalue weighted by Gasteiger charge is 2.22. The average Bonchev–Trinajstić information content (AvgIpc) is 2.40. The van der Waals surface area contributed by atoms with Crippen LogP contribution >= 0.6 is 0 Å². The van der Waals surface area contributed by atoms with Gasteiger partial charge in [0.05, 0.1) is 5.92 Å². The summed E-state index contributed by atoms with van der Waals surface area (Å²) in [5, 5.41) is 11.8. The molecule has 0 heterocycles. The van der Waals surface area contributed by atoms with Crippen molar-refractivity contribution in [2.75, 3.05) is 13.6 Å². The number of benzene rings is 1. The maximum Gasteiger partial charge on any atom is 0.317 e. The number of nitrogens with zero attached hydrogens (tertiary/aromatic N) is 1. The summed E-state index contributed by atoms with van der Waals surface area (Å²) in [5.41, 5.74) is 2.21. The predicted octanol–water partition coefficient (Wildman–Crippen LogP) is 2.49. The Kier molecular flexibility index (Phi) is 6.21. The van der Waals surface area contributed by atoms with E-state index in [0.29, 0.717) is 6.54 Å². The number of amides is 2. The van der Waals surface area contributed by atoms with Gasteiger partial charge in [-0.3, -0.25) is 4.79 Å². The average molecular weight is 292 g/mol. The normalized spacial score (nSPS) is 12.0. The lowest BCUT2D eigenvalue weighted by atomic mass is 9.96. The van der Waals surface area contributed by atoms with Gasteiger partial charge in [-0.1, -0.05) is 43.7 Å². The topological polar surface area (TPSA) is 69.6 Å². The van der Waals surface area contributed by atoms with Crippen molar-refractivity contribution in [1.29, 1.82) is 0 Å². The monoisotopic (exact) mass is 292 g/mol. The molecule has 2 N–H and O–H groups in total. The van der Waals surface area contributed by atoms with Gasteiger partial charge in [0, 0.05) is 20.1 Å². The molecule has 0 bridgehead atoms. The molecule has 116 valence electrons. The maximum absolute atomic E-state index is 12.0. The first kappa shape index (κ1) is 17.0. The third-order valence-electron chi connectivity index (χ3n) is 3.48. The van der Waals surface area contributed by atoms with E-state index >= 15 is 0 Å². The first-order chi connectivity index (χ1) is 9.81. The molecule has 0 radical (unpaired) electrons. The Hall–Kier alpha value is -2.04. The number of carbonyl (C=O) groups is 2. The van der Waals surface area contributed by atoms with Gasteiger partial charge >= 0.3 is 12.0 Å². The Bertz CT molecular complexity index is 483. The van der Waals surface area contributed by atoms with E-state index in [1.165, 1.54) is 5.56 Å². The number of urea groups is 1. The molecule has 0 saturated heterocycles. The van der Waals surface area contributed by atoms with Crippen molar-refractivity contribution in [1.82, 2.24) is 10.2 Å². The summed E-state index contributed by atoms with van der Waals surface area (Å²) in [7, 11) is 1.69. The predicted molar refractivity (Wildman–Crippen MR) is 82.0 cm³/mol. The van der Waals surface area contributed by atoms with Gasteiger partial charge in [0.1, 0.15) is 0 Å². The van der Waals surface area contributed by atoms with Gasteiger partial charge in [0.25, 0.3) is 0 Å². The number of aryl methyl sites for hydroxylation is 1. The van der Waals surface area contributed by atoms with Gasteiger partial charge in [-0.15, -0.1) is 0 Å². The molecule has 0 spiro atoms. The molecule has 0 aliphatic heterocycles. The number of hydrogen-bond donors (Lipinski definition) is 2. The minimum absolute atomic E-state index is 0.0230. The molecule has 1 rings (SSSR count). The SMILES string of the molecule is Cc1ccc(CN(C)C(=O)NCC(C(=O)O)C(C)C)cc1. The molecule has 1 atom stereocenters. The zero-order chi connectivity index (χ0) is 16.0. The van der Waals surface area contributed by atoms with Gasteiger partial charge in [-0.05, 0) is 18.4 Å². The third-order valence-corrected chi connectivity index (χ3v) is 3.48. The van der Waals surface area contributed by atoms with Crippen LogP contribution in [0.4, 0.5) is 4.79 Å². The Labute approximate surface area is 126 Å². The number of aliphatic carboxylic acids is 1. The van der Waals surface area contributed by atoms with Crippen LogP contribution in [0.15, 0.2) is 24.3 Å². The van der Waals surface area contributed by atoms with Gasteiger partial charge in [0.15, 0.2) is 0 Å². The minimum Gasteiger partial charge on any atom is -0.481 e. The summed E-state index contributed by atoms with van der Waals surface area (Å²) in [6.45, 7) is 6.32. The summed E-state index contributed by atoms with van der Waals surface area (Å²) in [4.78, 5) is 24.6. The number of carbonyl (C=O) groups excluding carboxylic acids is 1. The van der Waals surface area contributed by atoms with Gasteiger partial charge < -0.3 is 15.3 Å². The second-order valence-electron chi connectivity index (χ2n) is 5.72. The fraction of sp³-hybridized carbons (Fsp3) is 0.500. The highest BCUT2D eigenvalue weighted by Crippen LogP contribution is 2.10. The molecule has 21 heavy (non-hydrogen) atoms. The maximum atomic E-state index is 12.0. The number of carboxylic acid groups (broad SMARTS) is 1. The van der Waals surface area contributed by atoms with E-state index < -0.39 is 11.9 Å². The molecular formula is C16H24N2O3. The molecule has 1 aromatic rings. The van der Waals surface area contributed by atoms with Crippen LogP contribution in [-0.2, 0) is 11.3 Å². The van der Waals surface area contributed by atoms with E-state index in [2.05, 4.69) is 5.32 Å². The lowest BCUT2D eigenvalue weighted by Gasteiger charge is -2.21. The van der Waals surface area contributed by atoms with Crippen LogP contribution in [0.1, 0.15) is 25.0 Å². The Morgan fingerprint density at radius 1 is 1.24 bits per heavy atom. The largest absolute Gasteiger partial charge is 0.481 e. The summed E-state index contributed by atoms with van der Waals surface area (Å²) in [6.07, 6.45) is 0. The molecule has 1 aromatic carbocycles. The number of nitrogens with one attached hydrogen (secondary N) is 1. The van der Waals surface area contributed by atoms with Crippen LogP contribution in [0.5, 0.6) is 0 Å². The zero-order valence-electron chi connectivity index (χ0n) is 13.1. The van der Waals surface area contributed by atoms with E-state index in [9.17, 15) is 9.59 Å². The molecule has 0 aliphatic carbocycles. The van der Waals surface area contributed by atoms with Crippen molar-refractivity contribution in [2.45, 2.75) is 27.3 Å². The highest BCUT2D eigenvalue weighted by molar-refractivity contribution is 5.76. The first-order valence-corrected chi connectivity index (χ1v) is 7.08. The first-order valence-electron chi connectivity index (χ1n) is 7.08. The van der Waals surface area contributed by atoms with Crippen molar-refractivity contribution in [3.05, 3.63) is 35.4 Å². The van der Waals surface area contributed by atoms with E-state index in [0.717, 1.165) is 5.56 Å². The molecular weight excluding hydrogens is 268 g/mol. The van der Waals surface area contributed by atoms with Crippen LogP contribution < -0.4 is 5.32 Å². The van der Waals surface area contributed by atoms with Crippen molar-refractivity contribution in [3.8, 4) is 0 Å². The lowest BCUT2D eigenvalue weighted by Crippen LogP contribution is -2.41. The summed E-state index contributed by atoms with van der Waals surface area (Å²) >= 11 is 0. The summed E-state index contributed by atoms with van der Waals surface area (Å²) < 4.78 is 0. The van der Waals surface area contributed by atoms with E-state index in [4.69, 9.17) is 5.11 Å². The molecule has 5 nitrogen and oxygen atoms in total. The Balaban J connectivity index is 2.51. The fourth-order valence-corrected chi connectivity index (χ4v) is 1.98. The molecule has 2 amide bonds. The fourth-order valence-electron chi connectivity index (χ4n) is 1.98. The van der Waals surface area contributed by atoms with Crippen LogP contribution in [0.2, 0.25) is 0 Å². The van der Waals surface area contributed by atoms with E-state index in [1.54, 1.807) is 11.9 Å².